The van der Waals surface area contributed by atoms with Gasteiger partial charge in [0, 0.05) is 22.2 Å². The van der Waals surface area contributed by atoms with Crippen LogP contribution in [0.2, 0.25) is 10.0 Å². The molecule has 1 amide bonds. The highest BCUT2D eigenvalue weighted by Gasteiger charge is 2.15. The van der Waals surface area contributed by atoms with Crippen molar-refractivity contribution in [3.8, 4) is 11.4 Å². The summed E-state index contributed by atoms with van der Waals surface area (Å²) in [4.78, 5) is 12.1. The Kier molecular flexibility index (Phi) is 6.36. The molecule has 0 aliphatic carbocycles. The van der Waals surface area contributed by atoms with E-state index in [2.05, 4.69) is 15.5 Å². The highest BCUT2D eigenvalue weighted by molar-refractivity contribution is 7.99. The second-order valence-corrected chi connectivity index (χ2v) is 7.33. The minimum atomic E-state index is -0.581. The van der Waals surface area contributed by atoms with Crippen LogP contribution in [-0.4, -0.2) is 26.4 Å². The van der Waals surface area contributed by atoms with Gasteiger partial charge in [0.05, 0.1) is 11.4 Å². The summed E-state index contributed by atoms with van der Waals surface area (Å²) in [6.45, 7) is 2.61. The largest absolute Gasteiger partial charge is 0.323 e. The number of carbonyl (C=O) groups is 1. The number of rotatable bonds is 6. The van der Waals surface area contributed by atoms with Gasteiger partial charge in [-0.15, -0.1) is 10.2 Å². The van der Waals surface area contributed by atoms with Crippen LogP contribution in [0.15, 0.2) is 47.6 Å². The van der Waals surface area contributed by atoms with Crippen molar-refractivity contribution in [3.05, 3.63) is 58.3 Å². The van der Waals surface area contributed by atoms with Gasteiger partial charge in [0.2, 0.25) is 5.91 Å². The molecule has 1 aromatic heterocycles. The molecule has 27 heavy (non-hydrogen) atoms. The van der Waals surface area contributed by atoms with E-state index in [0.29, 0.717) is 22.5 Å². The molecule has 0 aliphatic rings. The highest BCUT2D eigenvalue weighted by atomic mass is 35.5. The topological polar surface area (TPSA) is 59.8 Å². The van der Waals surface area contributed by atoms with Gasteiger partial charge in [-0.3, -0.25) is 4.79 Å². The van der Waals surface area contributed by atoms with Crippen LogP contribution < -0.4 is 5.32 Å². The molecule has 0 bridgehead atoms. The lowest BCUT2D eigenvalue weighted by molar-refractivity contribution is -0.113. The fourth-order valence-corrected chi connectivity index (χ4v) is 3.49. The van der Waals surface area contributed by atoms with E-state index >= 15 is 0 Å². The van der Waals surface area contributed by atoms with E-state index in [-0.39, 0.29) is 22.4 Å². The zero-order chi connectivity index (χ0) is 19.4. The Hall–Kier alpha value is -2.09. The lowest BCUT2D eigenvalue weighted by atomic mass is 10.2. The first-order valence-corrected chi connectivity index (χ1v) is 9.79. The molecule has 5 nitrogen and oxygen atoms in total. The second-order valence-electron chi connectivity index (χ2n) is 5.52. The third-order valence-electron chi connectivity index (χ3n) is 3.67. The molecule has 1 N–H and O–H groups in total. The fourth-order valence-electron chi connectivity index (χ4n) is 2.40. The first kappa shape index (κ1) is 19.7. The Labute approximate surface area is 169 Å². The molecule has 3 rings (SSSR count). The molecule has 0 radical (unpaired) electrons. The summed E-state index contributed by atoms with van der Waals surface area (Å²) in [5.74, 6) is -0.163. The number of hydrogen-bond acceptors (Lipinski definition) is 4. The fraction of sp³-hybridized carbons (Fsp3) is 0.167. The number of aromatic nitrogens is 3. The van der Waals surface area contributed by atoms with Crippen molar-refractivity contribution >= 4 is 46.6 Å². The molecular formula is C18H15Cl2FN4OS. The molecule has 3 aromatic rings. The van der Waals surface area contributed by atoms with E-state index in [4.69, 9.17) is 23.2 Å². The van der Waals surface area contributed by atoms with Gasteiger partial charge >= 0.3 is 0 Å². The van der Waals surface area contributed by atoms with Gasteiger partial charge in [-0.25, -0.2) is 4.39 Å². The van der Waals surface area contributed by atoms with E-state index < -0.39 is 5.82 Å². The van der Waals surface area contributed by atoms with Crippen LogP contribution in [0.1, 0.15) is 6.92 Å². The minimum Gasteiger partial charge on any atom is -0.323 e. The number of hydrogen-bond donors (Lipinski definition) is 1. The summed E-state index contributed by atoms with van der Waals surface area (Å²) in [6, 6.07) is 11.4. The van der Waals surface area contributed by atoms with Crippen LogP contribution in [0.3, 0.4) is 0 Å². The quantitative estimate of drug-likeness (QED) is 0.556. The molecule has 1 heterocycles. The maximum Gasteiger partial charge on any atom is 0.234 e. The number of thioether (sulfide) groups is 1. The van der Waals surface area contributed by atoms with E-state index in [1.54, 1.807) is 12.1 Å². The van der Waals surface area contributed by atoms with Crippen molar-refractivity contribution in [2.75, 3.05) is 11.1 Å². The molecule has 0 saturated heterocycles. The first-order chi connectivity index (χ1) is 13.0. The summed E-state index contributed by atoms with van der Waals surface area (Å²) < 4.78 is 15.7. The Bertz CT molecular complexity index is 962. The van der Waals surface area contributed by atoms with Gasteiger partial charge in [-0.05, 0) is 49.4 Å². The smallest absolute Gasteiger partial charge is 0.234 e. The lowest BCUT2D eigenvalue weighted by Gasteiger charge is -2.08. The zero-order valence-electron chi connectivity index (χ0n) is 14.2. The average molecular weight is 425 g/mol. The molecule has 0 atom stereocenters. The van der Waals surface area contributed by atoms with Crippen molar-refractivity contribution in [3.63, 3.8) is 0 Å². The SMILES string of the molecule is CCn1c(SCC(=O)Nc2ccc(Cl)cc2F)nnc1-c1ccc(Cl)cc1. The number of carbonyl (C=O) groups excluding carboxylic acids is 1. The van der Waals surface area contributed by atoms with E-state index in [0.717, 1.165) is 11.6 Å². The van der Waals surface area contributed by atoms with Gasteiger partial charge < -0.3 is 9.88 Å². The van der Waals surface area contributed by atoms with Crippen molar-refractivity contribution in [1.29, 1.82) is 0 Å². The van der Waals surface area contributed by atoms with Crippen LogP contribution in [0.5, 0.6) is 0 Å². The first-order valence-electron chi connectivity index (χ1n) is 8.04. The normalized spacial score (nSPS) is 10.8. The molecule has 0 aliphatic heterocycles. The van der Waals surface area contributed by atoms with Gasteiger partial charge in [0.15, 0.2) is 11.0 Å². The van der Waals surface area contributed by atoms with Gasteiger partial charge in [-0.1, -0.05) is 35.0 Å². The maximum absolute atomic E-state index is 13.8. The number of halogens is 3. The number of nitrogens with zero attached hydrogens (tertiary/aromatic N) is 3. The summed E-state index contributed by atoms with van der Waals surface area (Å²) >= 11 is 12.9. The predicted molar refractivity (Wildman–Crippen MR) is 107 cm³/mol. The predicted octanol–water partition coefficient (Wildman–Crippen LogP) is 5.14. The summed E-state index contributed by atoms with van der Waals surface area (Å²) in [5, 5.41) is 12.4. The van der Waals surface area contributed by atoms with Gasteiger partial charge in [-0.2, -0.15) is 0 Å². The number of amides is 1. The van der Waals surface area contributed by atoms with E-state index in [1.807, 2.05) is 23.6 Å². The molecule has 9 heteroatoms. The Morgan fingerprint density at radius 2 is 1.85 bits per heavy atom. The third-order valence-corrected chi connectivity index (χ3v) is 5.13. The Balaban J connectivity index is 1.69. The van der Waals surface area contributed by atoms with E-state index in [1.165, 1.54) is 23.9 Å². The standard InChI is InChI=1S/C18H15Cl2FN4OS/c1-2-25-17(11-3-5-12(19)6-4-11)23-24-18(25)27-10-16(26)22-15-8-7-13(20)9-14(15)21/h3-9H,2,10H2,1H3,(H,22,26). The Morgan fingerprint density at radius 1 is 1.15 bits per heavy atom. The van der Waals surface area contributed by atoms with Crippen molar-refractivity contribution < 1.29 is 9.18 Å². The molecular weight excluding hydrogens is 410 g/mol. The van der Waals surface area contributed by atoms with Crippen LogP contribution in [-0.2, 0) is 11.3 Å². The number of anilines is 1. The van der Waals surface area contributed by atoms with Crippen molar-refractivity contribution in [2.24, 2.45) is 0 Å². The summed E-state index contributed by atoms with van der Waals surface area (Å²) in [5.41, 5.74) is 0.970. The van der Waals surface area contributed by atoms with Gasteiger partial charge in [0.1, 0.15) is 5.82 Å². The maximum atomic E-state index is 13.8. The zero-order valence-corrected chi connectivity index (χ0v) is 16.6. The highest BCUT2D eigenvalue weighted by Crippen LogP contribution is 2.25. The molecule has 0 spiro atoms. The van der Waals surface area contributed by atoms with Crippen molar-refractivity contribution in [1.82, 2.24) is 14.8 Å². The lowest BCUT2D eigenvalue weighted by Crippen LogP contribution is -2.15. The van der Waals surface area contributed by atoms with E-state index in [9.17, 15) is 9.18 Å². The molecule has 0 saturated carbocycles. The number of benzene rings is 2. The summed E-state index contributed by atoms with van der Waals surface area (Å²) in [7, 11) is 0. The van der Waals surface area contributed by atoms with Crippen LogP contribution >= 0.6 is 35.0 Å². The monoisotopic (exact) mass is 424 g/mol. The van der Waals surface area contributed by atoms with Crippen LogP contribution in [0, 0.1) is 5.82 Å². The number of nitrogens with one attached hydrogen (secondary N) is 1. The van der Waals surface area contributed by atoms with Crippen molar-refractivity contribution in [2.45, 2.75) is 18.6 Å². The third kappa shape index (κ3) is 4.80. The average Bonchev–Trinajstić information content (AvgIpc) is 3.06. The van der Waals surface area contributed by atoms with Gasteiger partial charge in [0.25, 0.3) is 0 Å². The minimum absolute atomic E-state index is 0.0703. The second kappa shape index (κ2) is 8.73. The summed E-state index contributed by atoms with van der Waals surface area (Å²) in [6.07, 6.45) is 0. The van der Waals surface area contributed by atoms with Crippen LogP contribution in [0.25, 0.3) is 11.4 Å². The molecule has 0 fully saturated rings. The molecule has 140 valence electrons. The molecule has 0 unspecified atom stereocenters. The van der Waals surface area contributed by atoms with Crippen LogP contribution in [0.4, 0.5) is 10.1 Å². The Morgan fingerprint density at radius 3 is 2.52 bits per heavy atom. The molecule has 2 aromatic carbocycles.